The molecule has 2 aromatic heterocycles. The molecule has 3 rings (SSSR count). The zero-order valence-electron chi connectivity index (χ0n) is 20.4. The van der Waals surface area contributed by atoms with Gasteiger partial charge in [0.25, 0.3) is 5.56 Å². The van der Waals surface area contributed by atoms with Crippen molar-refractivity contribution in [2.45, 2.75) is 46.2 Å². The van der Waals surface area contributed by atoms with E-state index in [4.69, 9.17) is 5.73 Å². The van der Waals surface area contributed by atoms with Crippen LogP contribution in [0.5, 0.6) is 0 Å². The van der Waals surface area contributed by atoms with Crippen molar-refractivity contribution in [3.63, 3.8) is 0 Å². The number of nitrogens with one attached hydrogen (secondary N) is 1. The Hall–Kier alpha value is -3.65. The third-order valence-corrected chi connectivity index (χ3v) is 5.93. The first-order valence-electron chi connectivity index (χ1n) is 11.8. The van der Waals surface area contributed by atoms with Crippen molar-refractivity contribution in [3.05, 3.63) is 87.7 Å². The minimum absolute atomic E-state index is 0.0706. The maximum absolute atomic E-state index is 13.0. The number of aryl methyl sites for hydroxylation is 1. The molecule has 0 aliphatic carbocycles. The summed E-state index contributed by atoms with van der Waals surface area (Å²) in [5.41, 5.74) is 10.0. The van der Waals surface area contributed by atoms with Crippen LogP contribution >= 0.6 is 0 Å². The average molecular weight is 478 g/mol. The SMILES string of the molecule is CCC(CC)n1cc(-c2cnc(C)c(C(=O)C=C(N)c3ccc(CNCCF)cc3)n2)ccc1=O. The van der Waals surface area contributed by atoms with Crippen LogP contribution in [0.2, 0.25) is 0 Å². The summed E-state index contributed by atoms with van der Waals surface area (Å²) >= 11 is 0. The Bertz CT molecular complexity index is 1250. The standard InChI is InChI=1S/C27H32FN5O2/c1-4-22(5-2)33-17-21(10-11-26(33)35)24-16-31-18(3)27(32-24)25(34)14-23(29)20-8-6-19(7-9-20)15-30-13-12-28/h6-11,14,16-17,22,30H,4-5,12-13,15,29H2,1-3H3. The van der Waals surface area contributed by atoms with Crippen molar-refractivity contribution in [1.29, 1.82) is 0 Å². The zero-order chi connectivity index (χ0) is 25.4. The quantitative estimate of drug-likeness (QED) is 0.244. The van der Waals surface area contributed by atoms with Gasteiger partial charge >= 0.3 is 0 Å². The van der Waals surface area contributed by atoms with E-state index in [-0.39, 0.29) is 23.1 Å². The number of rotatable bonds is 11. The number of nitrogens with zero attached hydrogens (tertiary/aromatic N) is 3. The van der Waals surface area contributed by atoms with Crippen LogP contribution in [-0.4, -0.2) is 33.5 Å². The lowest BCUT2D eigenvalue weighted by atomic mass is 10.1. The second-order valence-electron chi connectivity index (χ2n) is 8.35. The highest BCUT2D eigenvalue weighted by Gasteiger charge is 2.15. The third kappa shape index (κ3) is 6.48. The largest absolute Gasteiger partial charge is 0.398 e. The second-order valence-corrected chi connectivity index (χ2v) is 8.35. The molecule has 0 fully saturated rings. The van der Waals surface area contributed by atoms with Crippen LogP contribution in [-0.2, 0) is 6.54 Å². The summed E-state index contributed by atoms with van der Waals surface area (Å²) < 4.78 is 13.9. The van der Waals surface area contributed by atoms with Gasteiger partial charge in [0.2, 0.25) is 5.78 Å². The summed E-state index contributed by atoms with van der Waals surface area (Å²) in [6.07, 6.45) is 6.40. The van der Waals surface area contributed by atoms with Crippen molar-refractivity contribution in [3.8, 4) is 11.3 Å². The van der Waals surface area contributed by atoms with E-state index in [9.17, 15) is 14.0 Å². The molecule has 0 bridgehead atoms. The first-order chi connectivity index (χ1) is 16.9. The Morgan fingerprint density at radius 3 is 2.54 bits per heavy atom. The van der Waals surface area contributed by atoms with Crippen LogP contribution in [0.25, 0.3) is 17.0 Å². The summed E-state index contributed by atoms with van der Waals surface area (Å²) in [4.78, 5) is 34.3. The van der Waals surface area contributed by atoms with Crippen LogP contribution in [0.1, 0.15) is 60.0 Å². The topological polar surface area (TPSA) is 103 Å². The lowest BCUT2D eigenvalue weighted by Gasteiger charge is -2.17. The molecule has 3 N–H and O–H groups in total. The molecule has 0 aliphatic rings. The van der Waals surface area contributed by atoms with Crippen molar-refractivity contribution in [1.82, 2.24) is 19.9 Å². The number of pyridine rings is 1. The molecule has 8 heteroatoms. The Labute approximate surface area is 204 Å². The first-order valence-corrected chi connectivity index (χ1v) is 11.8. The maximum atomic E-state index is 13.0. The number of alkyl halides is 1. The summed E-state index contributed by atoms with van der Waals surface area (Å²) in [5, 5.41) is 2.99. The number of hydrogen-bond donors (Lipinski definition) is 2. The fourth-order valence-electron chi connectivity index (χ4n) is 3.85. The third-order valence-electron chi connectivity index (χ3n) is 5.93. The molecule has 1 aromatic carbocycles. The van der Waals surface area contributed by atoms with Gasteiger partial charge in [-0.1, -0.05) is 38.1 Å². The van der Waals surface area contributed by atoms with Crippen LogP contribution in [0.4, 0.5) is 4.39 Å². The van der Waals surface area contributed by atoms with Gasteiger partial charge < -0.3 is 15.6 Å². The van der Waals surface area contributed by atoms with Gasteiger partial charge in [-0.3, -0.25) is 14.6 Å². The van der Waals surface area contributed by atoms with Gasteiger partial charge in [-0.25, -0.2) is 9.37 Å². The van der Waals surface area contributed by atoms with Crippen LogP contribution < -0.4 is 16.6 Å². The van der Waals surface area contributed by atoms with Gasteiger partial charge in [0.15, 0.2) is 0 Å². The zero-order valence-corrected chi connectivity index (χ0v) is 20.4. The number of allylic oxidation sites excluding steroid dienone is 1. The van der Waals surface area contributed by atoms with E-state index in [0.29, 0.717) is 41.3 Å². The van der Waals surface area contributed by atoms with Gasteiger partial charge in [-0.15, -0.1) is 0 Å². The monoisotopic (exact) mass is 477 g/mol. The highest BCUT2D eigenvalue weighted by molar-refractivity contribution is 6.07. The highest BCUT2D eigenvalue weighted by atomic mass is 19.1. The molecule has 35 heavy (non-hydrogen) atoms. The molecule has 0 unspecified atom stereocenters. The normalized spacial score (nSPS) is 11.7. The number of carbonyl (C=O) groups is 1. The maximum Gasteiger partial charge on any atom is 0.250 e. The van der Waals surface area contributed by atoms with Crippen molar-refractivity contribution >= 4 is 11.5 Å². The molecular weight excluding hydrogens is 445 g/mol. The lowest BCUT2D eigenvalue weighted by Crippen LogP contribution is -2.23. The van der Waals surface area contributed by atoms with Crippen molar-refractivity contribution in [2.75, 3.05) is 13.2 Å². The molecule has 0 spiro atoms. The molecule has 0 saturated carbocycles. The van der Waals surface area contributed by atoms with Gasteiger partial charge in [0, 0.05) is 48.7 Å². The van der Waals surface area contributed by atoms with Gasteiger partial charge in [0.05, 0.1) is 17.6 Å². The van der Waals surface area contributed by atoms with Crippen LogP contribution in [0.15, 0.2) is 59.7 Å². The fraction of sp³-hybridized carbons (Fsp3) is 0.333. The molecule has 3 aromatic rings. The number of benzene rings is 1. The Morgan fingerprint density at radius 1 is 1.17 bits per heavy atom. The van der Waals surface area contributed by atoms with Crippen LogP contribution in [0, 0.1) is 6.92 Å². The first kappa shape index (κ1) is 26.0. The number of aromatic nitrogens is 3. The second kappa shape index (κ2) is 12.2. The summed E-state index contributed by atoms with van der Waals surface area (Å²) in [5.74, 6) is -0.351. The Morgan fingerprint density at radius 2 is 1.89 bits per heavy atom. The van der Waals surface area contributed by atoms with E-state index < -0.39 is 6.67 Å². The molecule has 184 valence electrons. The Kier molecular flexibility index (Phi) is 9.03. The predicted molar refractivity (Wildman–Crippen MR) is 137 cm³/mol. The molecule has 2 heterocycles. The van der Waals surface area contributed by atoms with Gasteiger partial charge in [-0.05, 0) is 37.0 Å². The molecule has 0 aliphatic heterocycles. The van der Waals surface area contributed by atoms with Gasteiger partial charge in [0.1, 0.15) is 12.4 Å². The van der Waals surface area contributed by atoms with Crippen molar-refractivity contribution in [2.24, 2.45) is 5.73 Å². The predicted octanol–water partition coefficient (Wildman–Crippen LogP) is 4.22. The molecule has 0 atom stereocenters. The number of nitrogens with two attached hydrogens (primary N) is 1. The number of hydrogen-bond acceptors (Lipinski definition) is 6. The molecule has 7 nitrogen and oxygen atoms in total. The summed E-state index contributed by atoms with van der Waals surface area (Å²) in [6, 6.07) is 10.7. The van der Waals surface area contributed by atoms with E-state index >= 15 is 0 Å². The average Bonchev–Trinajstić information content (AvgIpc) is 2.86. The molecular formula is C27H32FN5O2. The van der Waals surface area contributed by atoms with Gasteiger partial charge in [-0.2, -0.15) is 0 Å². The highest BCUT2D eigenvalue weighted by Crippen LogP contribution is 2.21. The van der Waals surface area contributed by atoms with Crippen molar-refractivity contribution < 1.29 is 9.18 Å². The van der Waals surface area contributed by atoms with Crippen LogP contribution in [0.3, 0.4) is 0 Å². The number of carbonyl (C=O) groups excluding carboxylic acids is 1. The molecule has 0 saturated heterocycles. The number of ketones is 1. The minimum atomic E-state index is -0.415. The summed E-state index contributed by atoms with van der Waals surface area (Å²) in [6.45, 7) is 6.25. The smallest absolute Gasteiger partial charge is 0.250 e. The fourth-order valence-corrected chi connectivity index (χ4v) is 3.85. The van der Waals surface area contributed by atoms with E-state index in [1.54, 1.807) is 30.0 Å². The van der Waals surface area contributed by atoms with E-state index in [0.717, 1.165) is 18.4 Å². The minimum Gasteiger partial charge on any atom is -0.398 e. The lowest BCUT2D eigenvalue weighted by molar-refractivity contribution is 0.104. The molecule has 0 radical (unpaired) electrons. The van der Waals surface area contributed by atoms with E-state index in [1.807, 2.05) is 38.1 Å². The van der Waals surface area contributed by atoms with E-state index in [1.165, 1.54) is 12.1 Å². The summed E-state index contributed by atoms with van der Waals surface area (Å²) in [7, 11) is 0. The number of halogens is 1. The Balaban J connectivity index is 1.86. The van der Waals surface area contributed by atoms with E-state index in [2.05, 4.69) is 15.3 Å². The molecule has 0 amide bonds.